The van der Waals surface area contributed by atoms with Gasteiger partial charge in [-0.1, -0.05) is 6.07 Å². The Kier molecular flexibility index (Phi) is 3.27. The highest BCUT2D eigenvalue weighted by atomic mass is 19.1. The minimum Gasteiger partial charge on any atom is -0.306 e. The van der Waals surface area contributed by atoms with E-state index in [4.69, 9.17) is 0 Å². The van der Waals surface area contributed by atoms with Gasteiger partial charge in [-0.3, -0.25) is 4.79 Å². The smallest absolute Gasteiger partial charge is 0.262 e. The van der Waals surface area contributed by atoms with Crippen LogP contribution in [0.4, 0.5) is 19.0 Å². The quantitative estimate of drug-likeness (QED) is 0.892. The Hall–Kier alpha value is -2.37. The van der Waals surface area contributed by atoms with Gasteiger partial charge < -0.3 is 5.32 Å². The van der Waals surface area contributed by atoms with Crippen molar-refractivity contribution in [2.45, 2.75) is 0 Å². The first-order valence-corrected chi connectivity index (χ1v) is 4.95. The second kappa shape index (κ2) is 4.87. The zero-order chi connectivity index (χ0) is 13.1. The molecule has 0 unspecified atom stereocenters. The van der Waals surface area contributed by atoms with E-state index in [1.54, 1.807) is 12.1 Å². The molecule has 92 valence electrons. The number of carbonyl (C=O) groups is 1. The van der Waals surface area contributed by atoms with E-state index in [-0.39, 0.29) is 5.82 Å². The fourth-order valence-electron chi connectivity index (χ4n) is 1.37. The molecule has 0 radical (unpaired) electrons. The van der Waals surface area contributed by atoms with E-state index >= 15 is 0 Å². The van der Waals surface area contributed by atoms with Crippen molar-refractivity contribution in [2.24, 2.45) is 0 Å². The zero-order valence-corrected chi connectivity index (χ0v) is 8.95. The van der Waals surface area contributed by atoms with Crippen molar-refractivity contribution < 1.29 is 18.0 Å². The summed E-state index contributed by atoms with van der Waals surface area (Å²) in [5, 5.41) is 2.21. The Morgan fingerprint density at radius 3 is 2.33 bits per heavy atom. The third-order valence-electron chi connectivity index (χ3n) is 2.14. The number of amides is 1. The summed E-state index contributed by atoms with van der Waals surface area (Å²) in [5.74, 6) is -4.49. The van der Waals surface area contributed by atoms with Crippen molar-refractivity contribution in [1.82, 2.24) is 4.98 Å². The molecule has 0 saturated heterocycles. The van der Waals surface area contributed by atoms with Gasteiger partial charge in [0, 0.05) is 18.3 Å². The molecular formula is C12H7F3N2O. The van der Waals surface area contributed by atoms with Crippen molar-refractivity contribution in [2.75, 3.05) is 5.32 Å². The van der Waals surface area contributed by atoms with Crippen LogP contribution in [0.25, 0.3) is 0 Å². The number of benzene rings is 1. The molecule has 0 aliphatic heterocycles. The van der Waals surface area contributed by atoms with Crippen LogP contribution in [0.5, 0.6) is 0 Å². The van der Waals surface area contributed by atoms with E-state index in [0.717, 1.165) is 0 Å². The second-order valence-electron chi connectivity index (χ2n) is 3.41. The molecule has 1 aromatic carbocycles. The number of rotatable bonds is 2. The van der Waals surface area contributed by atoms with Gasteiger partial charge in [0.25, 0.3) is 5.91 Å². The van der Waals surface area contributed by atoms with Gasteiger partial charge in [0.1, 0.15) is 28.8 Å². The molecule has 1 N–H and O–H groups in total. The van der Waals surface area contributed by atoms with Gasteiger partial charge >= 0.3 is 0 Å². The first-order valence-electron chi connectivity index (χ1n) is 4.95. The standard InChI is InChI=1S/C12H7F3N2O/c13-7-5-8(14)11(9(15)6-7)12(18)17-10-3-1-2-4-16-10/h1-6H,(H,16,17,18). The Morgan fingerprint density at radius 1 is 1.11 bits per heavy atom. The predicted molar refractivity (Wildman–Crippen MR) is 58.5 cm³/mol. The van der Waals surface area contributed by atoms with Crippen molar-refractivity contribution in [3.63, 3.8) is 0 Å². The van der Waals surface area contributed by atoms with E-state index in [1.165, 1.54) is 12.3 Å². The lowest BCUT2D eigenvalue weighted by Gasteiger charge is -2.06. The lowest BCUT2D eigenvalue weighted by molar-refractivity contribution is 0.101. The number of hydrogen-bond donors (Lipinski definition) is 1. The van der Waals surface area contributed by atoms with E-state index in [0.29, 0.717) is 12.1 Å². The molecule has 1 amide bonds. The molecule has 0 fully saturated rings. The summed E-state index contributed by atoms with van der Waals surface area (Å²) >= 11 is 0. The summed E-state index contributed by atoms with van der Waals surface area (Å²) in [5.41, 5.74) is -0.845. The number of nitrogens with zero attached hydrogens (tertiary/aromatic N) is 1. The van der Waals surface area contributed by atoms with E-state index in [1.807, 2.05) is 0 Å². The molecule has 0 aliphatic carbocycles. The third kappa shape index (κ3) is 2.48. The van der Waals surface area contributed by atoms with Crippen molar-refractivity contribution in [3.05, 3.63) is 59.5 Å². The summed E-state index contributed by atoms with van der Waals surface area (Å²) in [7, 11) is 0. The van der Waals surface area contributed by atoms with Crippen LogP contribution in [-0.2, 0) is 0 Å². The molecule has 6 heteroatoms. The maximum atomic E-state index is 13.3. The van der Waals surface area contributed by atoms with Crippen LogP contribution in [0.3, 0.4) is 0 Å². The molecular weight excluding hydrogens is 245 g/mol. The average molecular weight is 252 g/mol. The largest absolute Gasteiger partial charge is 0.306 e. The van der Waals surface area contributed by atoms with Crippen LogP contribution < -0.4 is 5.32 Å². The molecule has 0 spiro atoms. The van der Waals surface area contributed by atoms with Gasteiger partial charge in [0.15, 0.2) is 0 Å². The molecule has 0 saturated carbocycles. The lowest BCUT2D eigenvalue weighted by atomic mass is 10.2. The number of hydrogen-bond acceptors (Lipinski definition) is 2. The molecule has 0 atom stereocenters. The maximum absolute atomic E-state index is 13.3. The third-order valence-corrected chi connectivity index (χ3v) is 2.14. The van der Waals surface area contributed by atoms with Crippen LogP contribution in [0, 0.1) is 17.5 Å². The summed E-state index contributed by atoms with van der Waals surface area (Å²) < 4.78 is 39.3. The van der Waals surface area contributed by atoms with Gasteiger partial charge in [-0.05, 0) is 12.1 Å². The van der Waals surface area contributed by atoms with Gasteiger partial charge in [-0.25, -0.2) is 18.2 Å². The number of nitrogens with one attached hydrogen (secondary N) is 1. The number of pyridine rings is 1. The average Bonchev–Trinajstić information content (AvgIpc) is 2.28. The van der Waals surface area contributed by atoms with Gasteiger partial charge in [0.05, 0.1) is 0 Å². The normalized spacial score (nSPS) is 10.2. The Balaban J connectivity index is 2.30. The Labute approximate surface area is 100 Å². The summed E-state index contributed by atoms with van der Waals surface area (Å²) in [6.45, 7) is 0. The number of aromatic nitrogens is 1. The fraction of sp³-hybridized carbons (Fsp3) is 0. The minimum absolute atomic E-state index is 0.144. The minimum atomic E-state index is -1.26. The molecule has 3 nitrogen and oxygen atoms in total. The number of carbonyl (C=O) groups excluding carboxylic acids is 1. The predicted octanol–water partition coefficient (Wildman–Crippen LogP) is 2.75. The maximum Gasteiger partial charge on any atom is 0.262 e. The highest BCUT2D eigenvalue weighted by Crippen LogP contribution is 2.16. The Morgan fingerprint density at radius 2 is 1.78 bits per heavy atom. The van der Waals surface area contributed by atoms with Crippen LogP contribution >= 0.6 is 0 Å². The first-order chi connectivity index (χ1) is 8.58. The van der Waals surface area contributed by atoms with Gasteiger partial charge in [-0.2, -0.15) is 0 Å². The van der Waals surface area contributed by atoms with E-state index in [9.17, 15) is 18.0 Å². The number of anilines is 1. The van der Waals surface area contributed by atoms with Crippen LogP contribution in [0.15, 0.2) is 36.5 Å². The molecule has 1 heterocycles. The second-order valence-corrected chi connectivity index (χ2v) is 3.41. The summed E-state index contributed by atoms with van der Waals surface area (Å²) in [6, 6.07) is 5.55. The van der Waals surface area contributed by atoms with Crippen molar-refractivity contribution >= 4 is 11.7 Å². The summed E-state index contributed by atoms with van der Waals surface area (Å²) in [4.78, 5) is 15.4. The Bertz CT molecular complexity index is 564. The lowest BCUT2D eigenvalue weighted by Crippen LogP contribution is -2.16. The molecule has 18 heavy (non-hydrogen) atoms. The van der Waals surface area contributed by atoms with Crippen LogP contribution in [0.1, 0.15) is 10.4 Å². The molecule has 2 rings (SSSR count). The van der Waals surface area contributed by atoms with Crippen molar-refractivity contribution in [3.8, 4) is 0 Å². The fourth-order valence-corrected chi connectivity index (χ4v) is 1.37. The van der Waals surface area contributed by atoms with E-state index < -0.39 is 28.9 Å². The number of halogens is 3. The highest BCUT2D eigenvalue weighted by Gasteiger charge is 2.19. The van der Waals surface area contributed by atoms with E-state index in [2.05, 4.69) is 10.3 Å². The molecule has 2 aromatic rings. The van der Waals surface area contributed by atoms with Crippen molar-refractivity contribution in [1.29, 1.82) is 0 Å². The molecule has 1 aromatic heterocycles. The summed E-state index contributed by atoms with van der Waals surface area (Å²) in [6.07, 6.45) is 1.41. The van der Waals surface area contributed by atoms with Gasteiger partial charge in [-0.15, -0.1) is 0 Å². The zero-order valence-electron chi connectivity index (χ0n) is 8.95. The van der Waals surface area contributed by atoms with Crippen LogP contribution in [0.2, 0.25) is 0 Å². The SMILES string of the molecule is O=C(Nc1ccccn1)c1c(F)cc(F)cc1F. The highest BCUT2D eigenvalue weighted by molar-refractivity contribution is 6.04. The topological polar surface area (TPSA) is 42.0 Å². The molecule has 0 aliphatic rings. The van der Waals surface area contributed by atoms with Gasteiger partial charge in [0.2, 0.25) is 0 Å². The molecule has 0 bridgehead atoms. The first kappa shape index (κ1) is 12.1. The monoisotopic (exact) mass is 252 g/mol. The van der Waals surface area contributed by atoms with Crippen LogP contribution in [-0.4, -0.2) is 10.9 Å².